The molecule has 1 fully saturated rings. The third-order valence-corrected chi connectivity index (χ3v) is 3.62. The predicted molar refractivity (Wildman–Crippen MR) is 70.7 cm³/mol. The van der Waals surface area contributed by atoms with Gasteiger partial charge in [-0.15, -0.1) is 0 Å². The van der Waals surface area contributed by atoms with Gasteiger partial charge in [0.25, 0.3) is 0 Å². The second kappa shape index (κ2) is 4.81. The van der Waals surface area contributed by atoms with Gasteiger partial charge in [-0.05, 0) is 35.7 Å². The molecule has 0 saturated carbocycles. The molecule has 1 aromatic rings. The first-order chi connectivity index (χ1) is 8.41. The number of piperidine rings is 1. The first-order valence-electron chi connectivity index (χ1n) is 5.66. The zero-order valence-electron chi connectivity index (χ0n) is 9.97. The van der Waals surface area contributed by atoms with Crippen LogP contribution in [-0.2, 0) is 0 Å². The summed E-state index contributed by atoms with van der Waals surface area (Å²) < 4.78 is 0.578. The lowest BCUT2D eigenvalue weighted by Crippen LogP contribution is -2.46. The maximum Gasteiger partial charge on any atom is 0.311 e. The molecule has 2 rings (SSSR count). The SMILES string of the molecule is CC1(O)CCCN(c2c(Br)cncc2[N+](=O)[O-])C1. The Morgan fingerprint density at radius 1 is 1.61 bits per heavy atom. The molecule has 18 heavy (non-hydrogen) atoms. The van der Waals surface area contributed by atoms with E-state index in [2.05, 4.69) is 20.9 Å². The molecular weight excluding hydrogens is 302 g/mol. The molecule has 98 valence electrons. The molecule has 0 aromatic carbocycles. The van der Waals surface area contributed by atoms with Crippen LogP contribution in [0.2, 0.25) is 0 Å². The molecular formula is C11H14BrN3O3. The highest BCUT2D eigenvalue weighted by Crippen LogP contribution is 2.37. The van der Waals surface area contributed by atoms with E-state index in [1.807, 2.05) is 4.90 Å². The number of hydrogen-bond donors (Lipinski definition) is 1. The largest absolute Gasteiger partial charge is 0.388 e. The van der Waals surface area contributed by atoms with Crippen LogP contribution in [-0.4, -0.2) is 33.7 Å². The summed E-state index contributed by atoms with van der Waals surface area (Å²) in [4.78, 5) is 16.2. The van der Waals surface area contributed by atoms with Gasteiger partial charge in [0.05, 0.1) is 15.0 Å². The van der Waals surface area contributed by atoms with Crippen molar-refractivity contribution in [3.05, 3.63) is 27.0 Å². The molecule has 7 heteroatoms. The van der Waals surface area contributed by atoms with Crippen LogP contribution in [0.4, 0.5) is 11.4 Å². The van der Waals surface area contributed by atoms with Crippen LogP contribution in [0.5, 0.6) is 0 Å². The third-order valence-electron chi connectivity index (χ3n) is 3.04. The van der Waals surface area contributed by atoms with Crippen LogP contribution in [0.1, 0.15) is 19.8 Å². The molecule has 0 aliphatic carbocycles. The topological polar surface area (TPSA) is 79.5 Å². The zero-order chi connectivity index (χ0) is 13.3. The molecule has 1 aliphatic rings. The Labute approximate surface area is 113 Å². The summed E-state index contributed by atoms with van der Waals surface area (Å²) in [7, 11) is 0. The van der Waals surface area contributed by atoms with Gasteiger partial charge in [-0.3, -0.25) is 15.1 Å². The molecule has 1 aliphatic heterocycles. The number of rotatable bonds is 2. The molecule has 6 nitrogen and oxygen atoms in total. The summed E-state index contributed by atoms with van der Waals surface area (Å²) in [6, 6.07) is 0. The van der Waals surface area contributed by atoms with Crippen molar-refractivity contribution >= 4 is 27.3 Å². The fourth-order valence-electron chi connectivity index (χ4n) is 2.28. The van der Waals surface area contributed by atoms with Gasteiger partial charge in [-0.1, -0.05) is 0 Å². The number of β-amino-alcohol motifs (C(OH)–C–C–N with tert-alkyl or cyclic N) is 1. The van der Waals surface area contributed by atoms with E-state index in [9.17, 15) is 15.2 Å². The molecule has 1 unspecified atom stereocenters. The van der Waals surface area contributed by atoms with E-state index in [0.29, 0.717) is 29.7 Å². The van der Waals surface area contributed by atoms with E-state index in [4.69, 9.17) is 0 Å². The van der Waals surface area contributed by atoms with Gasteiger partial charge in [-0.25, -0.2) is 0 Å². The number of anilines is 1. The monoisotopic (exact) mass is 315 g/mol. The second-order valence-electron chi connectivity index (χ2n) is 4.77. The highest BCUT2D eigenvalue weighted by Gasteiger charge is 2.32. The molecule has 0 bridgehead atoms. The van der Waals surface area contributed by atoms with Crippen LogP contribution >= 0.6 is 15.9 Å². The van der Waals surface area contributed by atoms with Crippen molar-refractivity contribution in [2.24, 2.45) is 0 Å². The lowest BCUT2D eigenvalue weighted by atomic mass is 9.95. The number of nitro groups is 1. The summed E-state index contributed by atoms with van der Waals surface area (Å²) in [5.41, 5.74) is -0.355. The molecule has 0 radical (unpaired) electrons. The molecule has 0 amide bonds. The Morgan fingerprint density at radius 3 is 2.94 bits per heavy atom. The van der Waals surface area contributed by atoms with Gasteiger partial charge in [0.2, 0.25) is 0 Å². The van der Waals surface area contributed by atoms with Gasteiger partial charge in [0, 0.05) is 19.3 Å². The van der Waals surface area contributed by atoms with Crippen molar-refractivity contribution in [2.45, 2.75) is 25.4 Å². The Balaban J connectivity index is 2.41. The first-order valence-corrected chi connectivity index (χ1v) is 6.45. The number of aromatic nitrogens is 1. The van der Waals surface area contributed by atoms with Crippen LogP contribution in [0.15, 0.2) is 16.9 Å². The Morgan fingerprint density at radius 2 is 2.33 bits per heavy atom. The Bertz CT molecular complexity index is 479. The highest BCUT2D eigenvalue weighted by molar-refractivity contribution is 9.10. The van der Waals surface area contributed by atoms with Crippen molar-refractivity contribution < 1.29 is 10.0 Å². The second-order valence-corrected chi connectivity index (χ2v) is 5.62. The molecule has 1 N–H and O–H groups in total. The fourth-order valence-corrected chi connectivity index (χ4v) is 2.85. The van der Waals surface area contributed by atoms with Crippen molar-refractivity contribution in [3.63, 3.8) is 0 Å². The van der Waals surface area contributed by atoms with E-state index in [-0.39, 0.29) is 5.69 Å². The molecule has 1 aromatic heterocycles. The van der Waals surface area contributed by atoms with Gasteiger partial charge >= 0.3 is 5.69 Å². The molecule has 0 spiro atoms. The lowest BCUT2D eigenvalue weighted by Gasteiger charge is -2.38. The van der Waals surface area contributed by atoms with E-state index >= 15 is 0 Å². The maximum atomic E-state index is 11.0. The van der Waals surface area contributed by atoms with Gasteiger partial charge in [0.1, 0.15) is 11.9 Å². The maximum absolute atomic E-state index is 11.0. The highest BCUT2D eigenvalue weighted by atomic mass is 79.9. The standard InChI is InChI=1S/C11H14BrN3O3/c1-11(16)3-2-4-14(7-11)10-8(12)5-13-6-9(10)15(17)18/h5-6,16H,2-4,7H2,1H3. The van der Waals surface area contributed by atoms with Gasteiger partial charge < -0.3 is 10.0 Å². The van der Waals surface area contributed by atoms with Crippen molar-refractivity contribution in [3.8, 4) is 0 Å². The first kappa shape index (κ1) is 13.2. The average molecular weight is 316 g/mol. The van der Waals surface area contributed by atoms with E-state index in [1.54, 1.807) is 6.92 Å². The minimum atomic E-state index is -0.811. The van der Waals surface area contributed by atoms with Gasteiger partial charge in [-0.2, -0.15) is 0 Å². The summed E-state index contributed by atoms with van der Waals surface area (Å²) in [5, 5.41) is 21.1. The van der Waals surface area contributed by atoms with Crippen molar-refractivity contribution in [1.29, 1.82) is 0 Å². The van der Waals surface area contributed by atoms with E-state index < -0.39 is 10.5 Å². The Kier molecular flexibility index (Phi) is 3.54. The van der Waals surface area contributed by atoms with Crippen molar-refractivity contribution in [2.75, 3.05) is 18.0 Å². The number of pyridine rings is 1. The van der Waals surface area contributed by atoms with Crippen molar-refractivity contribution in [1.82, 2.24) is 4.98 Å². The Hall–Kier alpha value is -1.21. The van der Waals surface area contributed by atoms with Crippen LogP contribution < -0.4 is 4.90 Å². The molecule has 1 saturated heterocycles. The molecule has 2 heterocycles. The number of halogens is 1. The predicted octanol–water partition coefficient (Wildman–Crippen LogP) is 2.10. The van der Waals surface area contributed by atoms with Crippen LogP contribution in [0.25, 0.3) is 0 Å². The number of nitrogens with zero attached hydrogens (tertiary/aromatic N) is 3. The quantitative estimate of drug-likeness (QED) is 0.668. The summed E-state index contributed by atoms with van der Waals surface area (Å²) >= 11 is 3.30. The smallest absolute Gasteiger partial charge is 0.311 e. The van der Waals surface area contributed by atoms with E-state index in [0.717, 1.165) is 6.42 Å². The zero-order valence-corrected chi connectivity index (χ0v) is 11.6. The minimum Gasteiger partial charge on any atom is -0.388 e. The third kappa shape index (κ3) is 2.62. The number of aliphatic hydroxyl groups is 1. The minimum absolute atomic E-state index is 0.0397. The summed E-state index contributed by atoms with van der Waals surface area (Å²) in [6.07, 6.45) is 4.29. The van der Waals surface area contributed by atoms with Gasteiger partial charge in [0.15, 0.2) is 0 Å². The normalized spacial score (nSPS) is 24.1. The lowest BCUT2D eigenvalue weighted by molar-refractivity contribution is -0.384. The van der Waals surface area contributed by atoms with Crippen LogP contribution in [0, 0.1) is 10.1 Å². The number of hydrogen-bond acceptors (Lipinski definition) is 5. The molecule has 1 atom stereocenters. The summed E-state index contributed by atoms with van der Waals surface area (Å²) in [5.74, 6) is 0. The summed E-state index contributed by atoms with van der Waals surface area (Å²) in [6.45, 7) is 2.83. The average Bonchev–Trinajstić information content (AvgIpc) is 2.27. The fraction of sp³-hybridized carbons (Fsp3) is 0.545. The van der Waals surface area contributed by atoms with E-state index in [1.165, 1.54) is 12.4 Å². The van der Waals surface area contributed by atoms with Crippen LogP contribution in [0.3, 0.4) is 0 Å².